The molecular formula is C16H19NOS. The summed E-state index contributed by atoms with van der Waals surface area (Å²) in [5.74, 6) is 0. The molecule has 1 aliphatic rings. The van der Waals surface area contributed by atoms with Gasteiger partial charge in [0, 0.05) is 5.56 Å². The van der Waals surface area contributed by atoms with Gasteiger partial charge in [0.25, 0.3) is 0 Å². The lowest BCUT2D eigenvalue weighted by atomic mass is 9.77. The van der Waals surface area contributed by atoms with Crippen molar-refractivity contribution < 1.29 is 5.11 Å². The summed E-state index contributed by atoms with van der Waals surface area (Å²) in [5.41, 5.74) is 3.63. The van der Waals surface area contributed by atoms with Gasteiger partial charge in [0.15, 0.2) is 0 Å². The van der Waals surface area contributed by atoms with Gasteiger partial charge in [-0.3, -0.25) is 0 Å². The van der Waals surface area contributed by atoms with E-state index in [9.17, 15) is 5.11 Å². The Kier molecular flexibility index (Phi) is 2.99. The van der Waals surface area contributed by atoms with Crippen molar-refractivity contribution in [2.24, 2.45) is 5.41 Å². The van der Waals surface area contributed by atoms with Gasteiger partial charge in [-0.2, -0.15) is 0 Å². The first kappa shape index (κ1) is 12.8. The Hall–Kier alpha value is -1.19. The van der Waals surface area contributed by atoms with Crippen LogP contribution in [-0.4, -0.2) is 10.1 Å². The minimum atomic E-state index is -0.352. The molecule has 19 heavy (non-hydrogen) atoms. The Labute approximate surface area is 118 Å². The van der Waals surface area contributed by atoms with Crippen molar-refractivity contribution in [3.8, 4) is 10.6 Å². The minimum absolute atomic E-state index is 0.143. The number of hydrogen-bond acceptors (Lipinski definition) is 3. The van der Waals surface area contributed by atoms with Crippen LogP contribution in [0.2, 0.25) is 0 Å². The number of rotatable bonds is 1. The summed E-state index contributed by atoms with van der Waals surface area (Å²) in [6.45, 7) is 6.49. The smallest absolute Gasteiger partial charge is 0.123 e. The largest absolute Gasteiger partial charge is 0.387 e. The van der Waals surface area contributed by atoms with Crippen molar-refractivity contribution in [2.75, 3.05) is 0 Å². The summed E-state index contributed by atoms with van der Waals surface area (Å²) in [6, 6.07) is 8.40. The SMILES string of the molecule is Cc1cccc(-c2nc3c(s2)C(O)CC(C)(C)C3)c1. The number of thiazole rings is 1. The highest BCUT2D eigenvalue weighted by Crippen LogP contribution is 2.44. The van der Waals surface area contributed by atoms with Crippen LogP contribution < -0.4 is 0 Å². The molecule has 100 valence electrons. The van der Waals surface area contributed by atoms with Crippen LogP contribution in [0.25, 0.3) is 10.6 Å². The van der Waals surface area contributed by atoms with Crippen molar-refractivity contribution >= 4 is 11.3 Å². The molecule has 1 aromatic carbocycles. The predicted octanol–water partition coefficient (Wildman–Crippen LogP) is 4.12. The van der Waals surface area contributed by atoms with E-state index in [0.717, 1.165) is 34.0 Å². The van der Waals surface area contributed by atoms with Crippen molar-refractivity contribution in [1.29, 1.82) is 0 Å². The van der Waals surface area contributed by atoms with Gasteiger partial charge >= 0.3 is 0 Å². The summed E-state index contributed by atoms with van der Waals surface area (Å²) < 4.78 is 0. The molecule has 1 aliphatic carbocycles. The third-order valence-corrected chi connectivity index (χ3v) is 4.94. The molecular weight excluding hydrogens is 254 g/mol. The Morgan fingerprint density at radius 1 is 1.37 bits per heavy atom. The van der Waals surface area contributed by atoms with Gasteiger partial charge in [-0.05, 0) is 31.2 Å². The normalized spacial score (nSPS) is 21.2. The Balaban J connectivity index is 2.04. The van der Waals surface area contributed by atoms with Crippen LogP contribution in [0.4, 0.5) is 0 Å². The molecule has 0 saturated heterocycles. The van der Waals surface area contributed by atoms with E-state index >= 15 is 0 Å². The van der Waals surface area contributed by atoms with Gasteiger partial charge in [-0.15, -0.1) is 11.3 Å². The number of fused-ring (bicyclic) bond motifs is 1. The van der Waals surface area contributed by atoms with Crippen molar-refractivity contribution in [1.82, 2.24) is 4.98 Å². The summed E-state index contributed by atoms with van der Waals surface area (Å²) in [4.78, 5) is 5.83. The number of benzene rings is 1. The quantitative estimate of drug-likeness (QED) is 0.847. The van der Waals surface area contributed by atoms with E-state index in [0.29, 0.717) is 0 Å². The van der Waals surface area contributed by atoms with Crippen molar-refractivity contribution in [3.63, 3.8) is 0 Å². The fourth-order valence-corrected chi connectivity index (χ4v) is 3.86. The average Bonchev–Trinajstić information content (AvgIpc) is 2.71. The maximum atomic E-state index is 10.3. The first-order valence-corrected chi connectivity index (χ1v) is 7.51. The molecule has 1 heterocycles. The molecule has 0 saturated carbocycles. The van der Waals surface area contributed by atoms with Gasteiger partial charge in [-0.25, -0.2) is 4.98 Å². The van der Waals surface area contributed by atoms with Crippen LogP contribution in [0.3, 0.4) is 0 Å². The maximum Gasteiger partial charge on any atom is 0.123 e. The van der Waals surface area contributed by atoms with E-state index < -0.39 is 0 Å². The maximum absolute atomic E-state index is 10.3. The molecule has 0 amide bonds. The second kappa shape index (κ2) is 4.43. The second-order valence-electron chi connectivity index (χ2n) is 6.26. The monoisotopic (exact) mass is 273 g/mol. The molecule has 0 aliphatic heterocycles. The third kappa shape index (κ3) is 2.45. The highest BCUT2D eigenvalue weighted by atomic mass is 32.1. The van der Waals surface area contributed by atoms with E-state index in [4.69, 9.17) is 4.98 Å². The van der Waals surface area contributed by atoms with Gasteiger partial charge in [0.05, 0.1) is 16.7 Å². The highest BCUT2D eigenvalue weighted by molar-refractivity contribution is 7.15. The number of aliphatic hydroxyl groups excluding tert-OH is 1. The lowest BCUT2D eigenvalue weighted by Crippen LogP contribution is -2.24. The van der Waals surface area contributed by atoms with Crippen LogP contribution in [0.1, 0.15) is 42.5 Å². The summed E-state index contributed by atoms with van der Waals surface area (Å²) in [6.07, 6.45) is 1.44. The van der Waals surface area contributed by atoms with Crippen molar-refractivity contribution in [2.45, 2.75) is 39.7 Å². The lowest BCUT2D eigenvalue weighted by Gasteiger charge is -2.31. The molecule has 0 radical (unpaired) electrons. The number of aromatic nitrogens is 1. The van der Waals surface area contributed by atoms with E-state index in [1.54, 1.807) is 11.3 Å². The summed E-state index contributed by atoms with van der Waals surface area (Å²) >= 11 is 1.64. The van der Waals surface area contributed by atoms with Crippen LogP contribution in [0.5, 0.6) is 0 Å². The van der Waals surface area contributed by atoms with Gasteiger partial charge in [0.2, 0.25) is 0 Å². The zero-order valence-corrected chi connectivity index (χ0v) is 12.4. The molecule has 0 fully saturated rings. The molecule has 1 aromatic heterocycles. The number of aryl methyl sites for hydroxylation is 1. The number of hydrogen-bond donors (Lipinski definition) is 1. The van der Waals surface area contributed by atoms with Gasteiger partial charge in [-0.1, -0.05) is 37.6 Å². The van der Waals surface area contributed by atoms with E-state index in [1.165, 1.54) is 5.56 Å². The molecule has 2 nitrogen and oxygen atoms in total. The second-order valence-corrected chi connectivity index (χ2v) is 7.29. The Morgan fingerprint density at radius 3 is 2.89 bits per heavy atom. The van der Waals surface area contributed by atoms with Crippen LogP contribution in [0.15, 0.2) is 24.3 Å². The summed E-state index contributed by atoms with van der Waals surface area (Å²) in [5, 5.41) is 11.3. The Bertz CT molecular complexity index is 615. The molecule has 3 rings (SSSR count). The van der Waals surface area contributed by atoms with E-state index in [2.05, 4.69) is 45.0 Å². The van der Waals surface area contributed by atoms with Crippen LogP contribution in [-0.2, 0) is 6.42 Å². The lowest BCUT2D eigenvalue weighted by molar-refractivity contribution is 0.102. The average molecular weight is 273 g/mol. The fraction of sp³-hybridized carbons (Fsp3) is 0.438. The summed E-state index contributed by atoms with van der Waals surface area (Å²) in [7, 11) is 0. The fourth-order valence-electron chi connectivity index (χ4n) is 2.79. The molecule has 0 bridgehead atoms. The van der Waals surface area contributed by atoms with E-state index in [-0.39, 0.29) is 11.5 Å². The molecule has 3 heteroatoms. The first-order valence-electron chi connectivity index (χ1n) is 6.69. The van der Waals surface area contributed by atoms with Crippen LogP contribution in [0, 0.1) is 12.3 Å². The topological polar surface area (TPSA) is 33.1 Å². The standard InChI is InChI=1S/C16H19NOS/c1-10-5-4-6-11(7-10)15-17-12-8-16(2,3)9-13(18)14(12)19-15/h4-7,13,18H,8-9H2,1-3H3. The Morgan fingerprint density at radius 2 is 2.16 bits per heavy atom. The predicted molar refractivity (Wildman–Crippen MR) is 79.3 cm³/mol. The number of aliphatic hydroxyl groups is 1. The van der Waals surface area contributed by atoms with Crippen LogP contribution >= 0.6 is 11.3 Å². The zero-order chi connectivity index (χ0) is 13.6. The van der Waals surface area contributed by atoms with Gasteiger partial charge in [0.1, 0.15) is 5.01 Å². The van der Waals surface area contributed by atoms with Gasteiger partial charge < -0.3 is 5.11 Å². The third-order valence-electron chi connectivity index (χ3n) is 3.69. The molecule has 1 unspecified atom stereocenters. The molecule has 2 aromatic rings. The number of nitrogens with zero attached hydrogens (tertiary/aromatic N) is 1. The molecule has 1 N–H and O–H groups in total. The minimum Gasteiger partial charge on any atom is -0.387 e. The highest BCUT2D eigenvalue weighted by Gasteiger charge is 2.34. The first-order chi connectivity index (χ1) is 8.94. The van der Waals surface area contributed by atoms with Crippen molar-refractivity contribution in [3.05, 3.63) is 40.4 Å². The molecule has 1 atom stereocenters. The molecule has 0 spiro atoms. The zero-order valence-electron chi connectivity index (χ0n) is 11.6. The van der Waals surface area contributed by atoms with E-state index in [1.807, 2.05) is 0 Å².